The molecule has 0 aromatic heterocycles. The van der Waals surface area contributed by atoms with E-state index < -0.39 is 0 Å². The lowest BCUT2D eigenvalue weighted by Gasteiger charge is -2.10. The monoisotopic (exact) mass is 320 g/mol. The van der Waals surface area contributed by atoms with Gasteiger partial charge in [0, 0.05) is 28.0 Å². The number of fused-ring (bicyclic) bond motifs is 1. The molecule has 0 bridgehead atoms. The van der Waals surface area contributed by atoms with Gasteiger partial charge in [-0.25, -0.2) is 0 Å². The second kappa shape index (κ2) is 6.17. The van der Waals surface area contributed by atoms with Gasteiger partial charge in [-0.05, 0) is 30.9 Å². The zero-order valence-corrected chi connectivity index (χ0v) is 12.4. The van der Waals surface area contributed by atoms with Gasteiger partial charge < -0.3 is 11.1 Å². The summed E-state index contributed by atoms with van der Waals surface area (Å²) in [4.78, 5) is 11.9. The van der Waals surface area contributed by atoms with Crippen LogP contribution in [0.1, 0.15) is 19.8 Å². The predicted molar refractivity (Wildman–Crippen MR) is 83.2 cm³/mol. The third-order valence-corrected chi connectivity index (χ3v) is 3.66. The number of nitrogens with one attached hydrogen (secondary N) is 1. The quantitative estimate of drug-likeness (QED) is 0.903. The van der Waals surface area contributed by atoms with Crippen LogP contribution in [0, 0.1) is 0 Å². The Morgan fingerprint density at radius 1 is 1.26 bits per heavy atom. The highest BCUT2D eigenvalue weighted by Crippen LogP contribution is 2.29. The van der Waals surface area contributed by atoms with Crippen LogP contribution in [0.2, 0.25) is 0 Å². The highest BCUT2D eigenvalue weighted by Gasteiger charge is 2.08. The lowest BCUT2D eigenvalue weighted by molar-refractivity contribution is -0.116. The van der Waals surface area contributed by atoms with E-state index in [1.54, 1.807) is 0 Å². The zero-order chi connectivity index (χ0) is 13.8. The van der Waals surface area contributed by atoms with Gasteiger partial charge in [-0.15, -0.1) is 0 Å². The molecule has 0 radical (unpaired) electrons. The summed E-state index contributed by atoms with van der Waals surface area (Å²) in [7, 11) is 0. The molecule has 4 heteroatoms. The third kappa shape index (κ3) is 3.55. The number of hydrogen-bond donors (Lipinski definition) is 2. The number of amides is 1. The van der Waals surface area contributed by atoms with Crippen LogP contribution in [0.5, 0.6) is 0 Å². The molecule has 3 N–H and O–H groups in total. The summed E-state index contributed by atoms with van der Waals surface area (Å²) < 4.78 is 1.02. The van der Waals surface area contributed by atoms with E-state index in [4.69, 9.17) is 5.73 Å². The van der Waals surface area contributed by atoms with Gasteiger partial charge in [0.1, 0.15) is 0 Å². The minimum Gasteiger partial charge on any atom is -0.328 e. The lowest BCUT2D eigenvalue weighted by atomic mass is 10.1. The van der Waals surface area contributed by atoms with Crippen molar-refractivity contribution in [3.63, 3.8) is 0 Å². The number of rotatable bonds is 4. The lowest BCUT2D eigenvalue weighted by Crippen LogP contribution is -2.19. The van der Waals surface area contributed by atoms with Crippen molar-refractivity contribution in [2.45, 2.75) is 25.8 Å². The second-order valence-corrected chi connectivity index (χ2v) is 5.56. The molecule has 1 unspecified atom stereocenters. The average Bonchev–Trinajstić information content (AvgIpc) is 2.40. The molecule has 0 aliphatic carbocycles. The maximum Gasteiger partial charge on any atom is 0.224 e. The minimum atomic E-state index is 0.00442. The van der Waals surface area contributed by atoms with Gasteiger partial charge in [0.05, 0.1) is 0 Å². The Morgan fingerprint density at radius 3 is 2.63 bits per heavy atom. The van der Waals surface area contributed by atoms with Crippen molar-refractivity contribution in [1.82, 2.24) is 0 Å². The first-order valence-corrected chi connectivity index (χ1v) is 7.10. The van der Waals surface area contributed by atoms with E-state index in [1.165, 1.54) is 0 Å². The molecule has 0 aliphatic rings. The van der Waals surface area contributed by atoms with Crippen molar-refractivity contribution in [3.05, 3.63) is 40.9 Å². The van der Waals surface area contributed by atoms with Crippen LogP contribution in [0.15, 0.2) is 40.9 Å². The number of carbonyl (C=O) groups is 1. The van der Waals surface area contributed by atoms with Crippen LogP contribution in [-0.4, -0.2) is 11.9 Å². The van der Waals surface area contributed by atoms with E-state index in [-0.39, 0.29) is 11.9 Å². The van der Waals surface area contributed by atoms with Crippen LogP contribution in [0.4, 0.5) is 5.69 Å². The molecule has 19 heavy (non-hydrogen) atoms. The van der Waals surface area contributed by atoms with Crippen LogP contribution in [0.25, 0.3) is 10.8 Å². The Balaban J connectivity index is 2.21. The number of anilines is 1. The fraction of sp³-hybridized carbons (Fsp3) is 0.267. The standard InChI is InChI=1S/C15H17BrN2O/c1-10(17)6-9-15(19)18-14-8-7-13(16)11-4-2-3-5-12(11)14/h2-5,7-8,10H,6,9,17H2,1H3,(H,18,19). The third-order valence-electron chi connectivity index (χ3n) is 2.97. The van der Waals surface area contributed by atoms with Gasteiger partial charge in [-0.1, -0.05) is 40.2 Å². The topological polar surface area (TPSA) is 55.1 Å². The van der Waals surface area contributed by atoms with Crippen molar-refractivity contribution >= 4 is 38.3 Å². The van der Waals surface area contributed by atoms with Gasteiger partial charge in [-0.3, -0.25) is 4.79 Å². The number of nitrogens with two attached hydrogens (primary N) is 1. The molecule has 0 heterocycles. The van der Waals surface area contributed by atoms with Gasteiger partial charge in [0.15, 0.2) is 0 Å². The van der Waals surface area contributed by atoms with Crippen LogP contribution in [0.3, 0.4) is 0 Å². The van der Waals surface area contributed by atoms with E-state index in [0.29, 0.717) is 12.8 Å². The van der Waals surface area contributed by atoms with E-state index in [1.807, 2.05) is 43.3 Å². The highest BCUT2D eigenvalue weighted by atomic mass is 79.9. The van der Waals surface area contributed by atoms with Gasteiger partial charge in [0.25, 0.3) is 0 Å². The summed E-state index contributed by atoms with van der Waals surface area (Å²) in [5.74, 6) is 0.00442. The Bertz CT molecular complexity index is 596. The van der Waals surface area contributed by atoms with Crippen LogP contribution >= 0.6 is 15.9 Å². The van der Waals surface area contributed by atoms with Crippen molar-refractivity contribution < 1.29 is 4.79 Å². The molecule has 0 aliphatic heterocycles. The highest BCUT2D eigenvalue weighted by molar-refractivity contribution is 9.10. The molecule has 0 fully saturated rings. The number of benzene rings is 2. The fourth-order valence-electron chi connectivity index (χ4n) is 1.94. The normalized spacial score (nSPS) is 12.4. The second-order valence-electron chi connectivity index (χ2n) is 4.70. The van der Waals surface area contributed by atoms with Crippen LogP contribution < -0.4 is 11.1 Å². The molecule has 1 amide bonds. The Labute approximate surface area is 121 Å². The number of carbonyl (C=O) groups excluding carboxylic acids is 1. The molecule has 0 saturated heterocycles. The van der Waals surface area contributed by atoms with E-state index in [2.05, 4.69) is 21.2 Å². The molecule has 100 valence electrons. The summed E-state index contributed by atoms with van der Waals surface area (Å²) in [5.41, 5.74) is 6.50. The van der Waals surface area contributed by atoms with Crippen molar-refractivity contribution in [2.24, 2.45) is 5.73 Å². The largest absolute Gasteiger partial charge is 0.328 e. The molecular formula is C15H17BrN2O. The molecule has 1 atom stereocenters. The van der Waals surface area contributed by atoms with Crippen LogP contribution in [-0.2, 0) is 4.79 Å². The Morgan fingerprint density at radius 2 is 1.95 bits per heavy atom. The maximum absolute atomic E-state index is 11.9. The van der Waals surface area contributed by atoms with Gasteiger partial charge in [0.2, 0.25) is 5.91 Å². The molecule has 0 spiro atoms. The first-order valence-electron chi connectivity index (χ1n) is 6.30. The Kier molecular flexibility index (Phi) is 4.56. The number of hydrogen-bond acceptors (Lipinski definition) is 2. The maximum atomic E-state index is 11.9. The van der Waals surface area contributed by atoms with E-state index in [0.717, 1.165) is 20.9 Å². The summed E-state index contributed by atoms with van der Waals surface area (Å²) >= 11 is 3.52. The predicted octanol–water partition coefficient (Wildman–Crippen LogP) is 3.67. The molecule has 0 saturated carbocycles. The zero-order valence-electron chi connectivity index (χ0n) is 10.8. The fourth-order valence-corrected chi connectivity index (χ4v) is 2.42. The van der Waals surface area contributed by atoms with E-state index >= 15 is 0 Å². The van der Waals surface area contributed by atoms with Crippen molar-refractivity contribution in [1.29, 1.82) is 0 Å². The SMILES string of the molecule is CC(N)CCC(=O)Nc1ccc(Br)c2ccccc12. The average molecular weight is 321 g/mol. The van der Waals surface area contributed by atoms with Gasteiger partial charge in [-0.2, -0.15) is 0 Å². The molecule has 2 aromatic rings. The van der Waals surface area contributed by atoms with Gasteiger partial charge >= 0.3 is 0 Å². The van der Waals surface area contributed by atoms with Crippen molar-refractivity contribution in [2.75, 3.05) is 5.32 Å². The summed E-state index contributed by atoms with van der Waals surface area (Å²) in [6.07, 6.45) is 1.14. The first-order chi connectivity index (χ1) is 9.08. The minimum absolute atomic E-state index is 0.00442. The van der Waals surface area contributed by atoms with E-state index in [9.17, 15) is 4.79 Å². The molecule has 2 aromatic carbocycles. The smallest absolute Gasteiger partial charge is 0.224 e. The first kappa shape index (κ1) is 14.0. The molecular weight excluding hydrogens is 304 g/mol. The number of halogens is 1. The summed E-state index contributed by atoms with van der Waals surface area (Å²) in [6.45, 7) is 1.91. The molecule has 3 nitrogen and oxygen atoms in total. The van der Waals surface area contributed by atoms with Crippen molar-refractivity contribution in [3.8, 4) is 0 Å². The summed E-state index contributed by atoms with van der Waals surface area (Å²) in [5, 5.41) is 5.08. The Hall–Kier alpha value is -1.39. The summed E-state index contributed by atoms with van der Waals surface area (Å²) in [6, 6.07) is 11.9. The molecule has 2 rings (SSSR count).